The molecule has 3 aromatic rings. The van der Waals surface area contributed by atoms with Crippen LogP contribution in [0.5, 0.6) is 0 Å². The molecule has 1 aromatic heterocycles. The molecule has 12 heteroatoms. The third kappa shape index (κ3) is 5.06. The van der Waals surface area contributed by atoms with Gasteiger partial charge in [-0.1, -0.05) is 30.3 Å². The Morgan fingerprint density at radius 1 is 1.09 bits per heavy atom. The molecule has 1 atom stereocenters. The fraction of sp³-hybridized carbons (Fsp3) is 0.318. The first-order valence-electron chi connectivity index (χ1n) is 10.3. The number of alkyl halides is 3. The minimum absolute atomic E-state index is 0.0661. The number of hydrogen-bond acceptors (Lipinski definition) is 6. The van der Waals surface area contributed by atoms with Gasteiger partial charge in [-0.3, -0.25) is 9.59 Å². The largest absolute Gasteiger partial charge is 0.454 e. The molecule has 0 saturated carbocycles. The van der Waals surface area contributed by atoms with Crippen LogP contribution in [-0.4, -0.2) is 54.0 Å². The number of carbonyl (C=O) groups is 2. The van der Waals surface area contributed by atoms with Gasteiger partial charge in [0.2, 0.25) is 5.82 Å². The zero-order chi connectivity index (χ0) is 24.5. The van der Waals surface area contributed by atoms with E-state index in [0.29, 0.717) is 10.3 Å². The third-order valence-electron chi connectivity index (χ3n) is 5.43. The van der Waals surface area contributed by atoms with Gasteiger partial charge >= 0.3 is 12.1 Å². The van der Waals surface area contributed by atoms with Crippen LogP contribution < -0.4 is 4.90 Å². The lowest BCUT2D eigenvalue weighted by Gasteiger charge is -2.28. The summed E-state index contributed by atoms with van der Waals surface area (Å²) in [5, 5.41) is 0. The number of aromatic nitrogens is 2. The SMILES string of the molecule is O=C(Cn1c(C(F)(F)F)nc2ccccc21)OCC(=O)N(c1ccccc1)C1CCS(=O)(=O)C1. The van der Waals surface area contributed by atoms with E-state index in [-0.39, 0.29) is 29.0 Å². The van der Waals surface area contributed by atoms with Crippen LogP contribution >= 0.6 is 0 Å². The Hall–Kier alpha value is -3.41. The molecule has 0 N–H and O–H groups in total. The van der Waals surface area contributed by atoms with E-state index in [1.807, 2.05) is 0 Å². The number of para-hydroxylation sites is 3. The van der Waals surface area contributed by atoms with Gasteiger partial charge in [-0.05, 0) is 30.7 Å². The molecule has 2 aromatic carbocycles. The van der Waals surface area contributed by atoms with Crippen LogP contribution in [0.15, 0.2) is 54.6 Å². The van der Waals surface area contributed by atoms with Crippen molar-refractivity contribution in [3.8, 4) is 0 Å². The predicted octanol–water partition coefficient (Wildman–Crippen LogP) is 2.82. The predicted molar refractivity (Wildman–Crippen MR) is 117 cm³/mol. The van der Waals surface area contributed by atoms with E-state index in [0.717, 1.165) is 0 Å². The molecule has 2 heterocycles. The van der Waals surface area contributed by atoms with Crippen LogP contribution in [0.3, 0.4) is 0 Å². The fourth-order valence-corrected chi connectivity index (χ4v) is 5.66. The summed E-state index contributed by atoms with van der Waals surface area (Å²) in [5.74, 6) is -3.28. The van der Waals surface area contributed by atoms with Gasteiger partial charge in [-0.15, -0.1) is 0 Å². The third-order valence-corrected chi connectivity index (χ3v) is 7.18. The molecule has 4 rings (SSSR count). The molecule has 0 aliphatic carbocycles. The van der Waals surface area contributed by atoms with E-state index in [4.69, 9.17) is 4.74 Å². The number of fused-ring (bicyclic) bond motifs is 1. The van der Waals surface area contributed by atoms with Crippen LogP contribution in [0.4, 0.5) is 18.9 Å². The second-order valence-electron chi connectivity index (χ2n) is 7.82. The summed E-state index contributed by atoms with van der Waals surface area (Å²) in [6.07, 6.45) is -4.57. The number of halogens is 3. The number of imidazole rings is 1. The molecule has 8 nitrogen and oxygen atoms in total. The summed E-state index contributed by atoms with van der Waals surface area (Å²) in [7, 11) is -3.31. The standard InChI is InChI=1S/C22H20F3N3O5S/c23-22(24,25)21-26-17-8-4-5-9-18(17)27(21)12-20(30)33-13-19(29)28(15-6-2-1-3-7-15)16-10-11-34(31,32)14-16/h1-9,16H,10-14H2. The molecule has 34 heavy (non-hydrogen) atoms. The van der Waals surface area contributed by atoms with E-state index >= 15 is 0 Å². The Bertz CT molecular complexity index is 1320. The number of carbonyl (C=O) groups excluding carboxylic acids is 2. The number of anilines is 1. The molecule has 1 fully saturated rings. The second-order valence-corrected chi connectivity index (χ2v) is 10.1. The summed E-state index contributed by atoms with van der Waals surface area (Å²) in [5.41, 5.74) is 0.599. The van der Waals surface area contributed by atoms with Crippen molar-refractivity contribution in [2.45, 2.75) is 25.2 Å². The quantitative estimate of drug-likeness (QED) is 0.488. The number of benzene rings is 2. The van der Waals surface area contributed by atoms with Crippen molar-refractivity contribution in [1.29, 1.82) is 0 Å². The highest BCUT2D eigenvalue weighted by Gasteiger charge is 2.39. The zero-order valence-electron chi connectivity index (χ0n) is 17.7. The summed E-state index contributed by atoms with van der Waals surface area (Å²) >= 11 is 0. The summed E-state index contributed by atoms with van der Waals surface area (Å²) in [6, 6.07) is 13.5. The Morgan fingerprint density at radius 3 is 2.41 bits per heavy atom. The lowest BCUT2D eigenvalue weighted by molar-refractivity contribution is -0.152. The fourth-order valence-electron chi connectivity index (χ4n) is 3.96. The van der Waals surface area contributed by atoms with E-state index in [2.05, 4.69) is 4.98 Å². The molecule has 180 valence electrons. The number of esters is 1. The molecular formula is C22H20F3N3O5S. The first-order valence-corrected chi connectivity index (χ1v) is 12.1. The maximum Gasteiger partial charge on any atom is 0.449 e. The maximum absolute atomic E-state index is 13.4. The van der Waals surface area contributed by atoms with Gasteiger partial charge in [0.1, 0.15) is 6.54 Å². The van der Waals surface area contributed by atoms with Gasteiger partial charge in [0.05, 0.1) is 28.6 Å². The highest BCUT2D eigenvalue weighted by molar-refractivity contribution is 7.91. The van der Waals surface area contributed by atoms with Crippen molar-refractivity contribution in [2.24, 2.45) is 0 Å². The molecule has 1 saturated heterocycles. The van der Waals surface area contributed by atoms with Crippen molar-refractivity contribution in [3.05, 3.63) is 60.4 Å². The number of amides is 1. The van der Waals surface area contributed by atoms with Gasteiger partial charge < -0.3 is 14.2 Å². The number of ether oxygens (including phenoxy) is 1. The minimum atomic E-state index is -4.80. The normalized spacial score (nSPS) is 17.6. The molecular weight excluding hydrogens is 475 g/mol. The van der Waals surface area contributed by atoms with Crippen LogP contribution in [0.1, 0.15) is 12.2 Å². The van der Waals surface area contributed by atoms with Gasteiger partial charge in [0, 0.05) is 5.69 Å². The number of sulfone groups is 1. The average molecular weight is 495 g/mol. The van der Waals surface area contributed by atoms with Crippen molar-refractivity contribution in [1.82, 2.24) is 9.55 Å². The topological polar surface area (TPSA) is 98.6 Å². The van der Waals surface area contributed by atoms with Crippen molar-refractivity contribution in [2.75, 3.05) is 23.0 Å². The monoisotopic (exact) mass is 495 g/mol. The summed E-state index contributed by atoms with van der Waals surface area (Å²) in [4.78, 5) is 30.2. The van der Waals surface area contributed by atoms with Gasteiger partial charge in [0.25, 0.3) is 5.91 Å². The Balaban J connectivity index is 1.51. The van der Waals surface area contributed by atoms with Crippen molar-refractivity contribution >= 4 is 38.4 Å². The van der Waals surface area contributed by atoms with Crippen LogP contribution in [0, 0.1) is 0 Å². The van der Waals surface area contributed by atoms with E-state index in [9.17, 15) is 31.2 Å². The Kier molecular flexibility index (Phi) is 6.34. The molecule has 1 aliphatic rings. The lowest BCUT2D eigenvalue weighted by atomic mass is 10.2. The second kappa shape index (κ2) is 9.09. The summed E-state index contributed by atoms with van der Waals surface area (Å²) in [6.45, 7) is -1.55. The first kappa shape index (κ1) is 23.7. The molecule has 0 radical (unpaired) electrons. The smallest absolute Gasteiger partial charge is 0.449 e. The number of rotatable bonds is 6. The summed E-state index contributed by atoms with van der Waals surface area (Å²) < 4.78 is 69.9. The van der Waals surface area contributed by atoms with E-state index < -0.39 is 52.9 Å². The van der Waals surface area contributed by atoms with Crippen LogP contribution in [-0.2, 0) is 36.9 Å². The highest BCUT2D eigenvalue weighted by atomic mass is 32.2. The Labute approximate surface area is 192 Å². The van der Waals surface area contributed by atoms with Crippen LogP contribution in [0.25, 0.3) is 11.0 Å². The Morgan fingerprint density at radius 2 is 1.76 bits per heavy atom. The first-order chi connectivity index (χ1) is 16.0. The van der Waals surface area contributed by atoms with Gasteiger partial charge in [0.15, 0.2) is 16.4 Å². The maximum atomic E-state index is 13.4. The van der Waals surface area contributed by atoms with Gasteiger partial charge in [-0.25, -0.2) is 13.4 Å². The van der Waals surface area contributed by atoms with E-state index in [1.165, 1.54) is 29.2 Å². The van der Waals surface area contributed by atoms with Gasteiger partial charge in [-0.2, -0.15) is 13.2 Å². The number of nitrogens with zero attached hydrogens (tertiary/aromatic N) is 3. The molecule has 1 aliphatic heterocycles. The zero-order valence-corrected chi connectivity index (χ0v) is 18.6. The number of hydrogen-bond donors (Lipinski definition) is 0. The molecule has 1 unspecified atom stereocenters. The minimum Gasteiger partial charge on any atom is -0.454 e. The van der Waals surface area contributed by atoms with Crippen molar-refractivity contribution in [3.63, 3.8) is 0 Å². The molecule has 0 bridgehead atoms. The van der Waals surface area contributed by atoms with Crippen molar-refractivity contribution < 1.29 is 35.9 Å². The lowest BCUT2D eigenvalue weighted by Crippen LogP contribution is -2.43. The average Bonchev–Trinajstić information content (AvgIpc) is 3.33. The molecule has 1 amide bonds. The molecule has 0 spiro atoms. The highest BCUT2D eigenvalue weighted by Crippen LogP contribution is 2.31. The van der Waals surface area contributed by atoms with E-state index in [1.54, 1.807) is 30.3 Å². The van der Waals surface area contributed by atoms with Crippen LogP contribution in [0.2, 0.25) is 0 Å².